The maximum atomic E-state index is 13.9. The van der Waals surface area contributed by atoms with Crippen LogP contribution in [0.4, 0.5) is 8.78 Å². The Balaban J connectivity index is 2.30. The third-order valence-corrected chi connectivity index (χ3v) is 5.60. The molecule has 7 heteroatoms. The van der Waals surface area contributed by atoms with Crippen LogP contribution in [0.1, 0.15) is 19.8 Å². The lowest BCUT2D eigenvalue weighted by Crippen LogP contribution is -2.22. The van der Waals surface area contributed by atoms with Gasteiger partial charge in [-0.1, -0.05) is 37.3 Å². The summed E-state index contributed by atoms with van der Waals surface area (Å²) in [6, 6.07) is 8.84. The fourth-order valence-corrected chi connectivity index (χ4v) is 3.75. The van der Waals surface area contributed by atoms with Gasteiger partial charge in [0.15, 0.2) is 0 Å². The molecule has 0 radical (unpaired) electrons. The average molecular weight is 419 g/mol. The fraction of sp³-hybridized carbons (Fsp3) is 0.182. The zero-order valence-corrected chi connectivity index (χ0v) is 16.8. The molecule has 0 atom stereocenters. The average Bonchev–Trinajstić information content (AvgIpc) is 2.67. The van der Waals surface area contributed by atoms with E-state index in [1.807, 2.05) is 6.92 Å². The summed E-state index contributed by atoms with van der Waals surface area (Å²) in [5.41, 5.74) is 1.80. The van der Waals surface area contributed by atoms with E-state index in [1.165, 1.54) is 42.5 Å². The summed E-state index contributed by atoms with van der Waals surface area (Å²) in [4.78, 5) is -0.00709. The monoisotopic (exact) mass is 419 g/mol. The minimum Gasteiger partial charge on any atom is -0.396 e. The number of benzene rings is 2. The Labute approximate surface area is 170 Å². The highest BCUT2D eigenvalue weighted by Gasteiger charge is 2.16. The van der Waals surface area contributed by atoms with Crippen LogP contribution in [0.15, 0.2) is 83.4 Å². The van der Waals surface area contributed by atoms with Crippen molar-refractivity contribution in [2.75, 3.05) is 6.61 Å². The number of rotatable bonds is 9. The van der Waals surface area contributed by atoms with Crippen molar-refractivity contribution >= 4 is 10.0 Å². The van der Waals surface area contributed by atoms with Crippen molar-refractivity contribution in [3.63, 3.8) is 0 Å². The molecule has 0 bridgehead atoms. The molecule has 2 aromatic rings. The fourth-order valence-electron chi connectivity index (χ4n) is 2.70. The number of aliphatic hydroxyl groups is 1. The SMILES string of the molecule is C=C/C=C(\C=C(/CC)CCO)NS(=O)(=O)c1ccc(-c2ccc(F)cc2F)cc1. The van der Waals surface area contributed by atoms with Crippen LogP contribution in [0, 0.1) is 11.6 Å². The van der Waals surface area contributed by atoms with Gasteiger partial charge in [0.25, 0.3) is 10.0 Å². The van der Waals surface area contributed by atoms with Crippen molar-refractivity contribution in [1.29, 1.82) is 0 Å². The molecule has 2 aromatic carbocycles. The molecule has 2 N–H and O–H groups in total. The highest BCUT2D eigenvalue weighted by Crippen LogP contribution is 2.25. The molecule has 0 aliphatic carbocycles. The minimum atomic E-state index is -3.89. The highest BCUT2D eigenvalue weighted by atomic mass is 32.2. The molecule has 0 heterocycles. The Kier molecular flexibility index (Phi) is 7.87. The molecule has 29 heavy (non-hydrogen) atoms. The van der Waals surface area contributed by atoms with E-state index in [4.69, 9.17) is 5.11 Å². The maximum absolute atomic E-state index is 13.9. The van der Waals surface area contributed by atoms with E-state index in [-0.39, 0.29) is 17.1 Å². The van der Waals surface area contributed by atoms with Crippen LogP contribution < -0.4 is 4.72 Å². The Morgan fingerprint density at radius 3 is 2.41 bits per heavy atom. The molecule has 154 valence electrons. The van der Waals surface area contributed by atoms with Crippen LogP contribution in [-0.2, 0) is 10.0 Å². The quantitative estimate of drug-likeness (QED) is 0.579. The van der Waals surface area contributed by atoms with Crippen LogP contribution in [0.25, 0.3) is 11.1 Å². The van der Waals surface area contributed by atoms with Gasteiger partial charge in [-0.05, 0) is 54.8 Å². The first-order valence-electron chi connectivity index (χ1n) is 9.02. The number of hydrogen-bond donors (Lipinski definition) is 2. The normalized spacial score (nSPS) is 12.7. The second-order valence-corrected chi connectivity index (χ2v) is 7.92. The topological polar surface area (TPSA) is 66.4 Å². The second-order valence-electron chi connectivity index (χ2n) is 6.24. The number of aliphatic hydroxyl groups excluding tert-OH is 1. The molecular weight excluding hydrogens is 396 g/mol. The highest BCUT2D eigenvalue weighted by molar-refractivity contribution is 7.89. The maximum Gasteiger partial charge on any atom is 0.261 e. The molecule has 0 fully saturated rings. The van der Waals surface area contributed by atoms with Crippen LogP contribution in [-0.4, -0.2) is 20.1 Å². The van der Waals surface area contributed by atoms with E-state index < -0.39 is 21.7 Å². The van der Waals surface area contributed by atoms with Gasteiger partial charge in [-0.3, -0.25) is 4.72 Å². The summed E-state index contributed by atoms with van der Waals surface area (Å²) < 4.78 is 54.9. The molecule has 0 aliphatic heterocycles. The lowest BCUT2D eigenvalue weighted by molar-refractivity contribution is 0.298. The van der Waals surface area contributed by atoms with Crippen molar-refractivity contribution < 1.29 is 22.3 Å². The molecule has 0 aliphatic rings. The lowest BCUT2D eigenvalue weighted by Gasteiger charge is -2.11. The predicted molar refractivity (Wildman–Crippen MR) is 110 cm³/mol. The third-order valence-electron chi connectivity index (χ3n) is 4.20. The Bertz CT molecular complexity index is 1030. The summed E-state index contributed by atoms with van der Waals surface area (Å²) in [6.07, 6.45) is 5.74. The van der Waals surface area contributed by atoms with E-state index in [0.29, 0.717) is 24.1 Å². The Hall–Kier alpha value is -2.77. The lowest BCUT2D eigenvalue weighted by atomic mass is 10.1. The first kappa shape index (κ1) is 22.5. The zero-order chi connectivity index (χ0) is 21.4. The van der Waals surface area contributed by atoms with Crippen molar-refractivity contribution in [1.82, 2.24) is 4.72 Å². The van der Waals surface area contributed by atoms with E-state index >= 15 is 0 Å². The van der Waals surface area contributed by atoms with Crippen molar-refractivity contribution in [2.24, 2.45) is 0 Å². The Morgan fingerprint density at radius 1 is 1.17 bits per heavy atom. The number of hydrogen-bond acceptors (Lipinski definition) is 3. The van der Waals surface area contributed by atoms with Gasteiger partial charge >= 0.3 is 0 Å². The van der Waals surface area contributed by atoms with E-state index in [2.05, 4.69) is 11.3 Å². The smallest absolute Gasteiger partial charge is 0.261 e. The number of allylic oxidation sites excluding steroid dienone is 3. The van der Waals surface area contributed by atoms with Gasteiger partial charge in [0, 0.05) is 23.9 Å². The molecule has 0 aromatic heterocycles. The van der Waals surface area contributed by atoms with Crippen LogP contribution in [0.2, 0.25) is 0 Å². The Morgan fingerprint density at radius 2 is 1.86 bits per heavy atom. The molecular formula is C22H23F2NO3S. The molecule has 0 spiro atoms. The molecule has 0 amide bonds. The number of halogens is 2. The van der Waals surface area contributed by atoms with Crippen molar-refractivity contribution in [2.45, 2.75) is 24.7 Å². The van der Waals surface area contributed by atoms with Gasteiger partial charge in [0.1, 0.15) is 11.6 Å². The first-order valence-corrected chi connectivity index (χ1v) is 10.5. The number of sulfonamides is 1. The molecule has 2 rings (SSSR count). The largest absolute Gasteiger partial charge is 0.396 e. The summed E-state index contributed by atoms with van der Waals surface area (Å²) in [5, 5.41) is 9.11. The van der Waals surface area contributed by atoms with E-state index in [1.54, 1.807) is 6.08 Å². The van der Waals surface area contributed by atoms with Gasteiger partial charge in [-0.2, -0.15) is 0 Å². The van der Waals surface area contributed by atoms with Gasteiger partial charge in [-0.25, -0.2) is 17.2 Å². The predicted octanol–water partition coefficient (Wildman–Crippen LogP) is 4.70. The zero-order valence-electron chi connectivity index (χ0n) is 16.0. The van der Waals surface area contributed by atoms with Crippen molar-refractivity contribution in [3.05, 3.63) is 90.2 Å². The molecule has 0 unspecified atom stereocenters. The van der Waals surface area contributed by atoms with Gasteiger partial charge in [0.2, 0.25) is 0 Å². The van der Waals surface area contributed by atoms with Gasteiger partial charge in [0.05, 0.1) is 4.90 Å². The van der Waals surface area contributed by atoms with Crippen LogP contribution in [0.3, 0.4) is 0 Å². The molecule has 4 nitrogen and oxygen atoms in total. The van der Waals surface area contributed by atoms with Crippen LogP contribution in [0.5, 0.6) is 0 Å². The number of nitrogens with one attached hydrogen (secondary N) is 1. The third kappa shape index (κ3) is 6.10. The van der Waals surface area contributed by atoms with E-state index in [0.717, 1.165) is 17.7 Å². The summed E-state index contributed by atoms with van der Waals surface area (Å²) in [7, 11) is -3.89. The second kappa shape index (κ2) is 10.1. The summed E-state index contributed by atoms with van der Waals surface area (Å²) in [5.74, 6) is -1.41. The van der Waals surface area contributed by atoms with E-state index in [9.17, 15) is 17.2 Å². The summed E-state index contributed by atoms with van der Waals surface area (Å²) >= 11 is 0. The minimum absolute atomic E-state index is 0.00709. The van der Waals surface area contributed by atoms with Gasteiger partial charge < -0.3 is 5.11 Å². The molecule has 0 saturated carbocycles. The molecule has 0 saturated heterocycles. The first-order chi connectivity index (χ1) is 13.8. The van der Waals surface area contributed by atoms with Crippen molar-refractivity contribution in [3.8, 4) is 11.1 Å². The van der Waals surface area contributed by atoms with Crippen LogP contribution >= 0.6 is 0 Å². The van der Waals surface area contributed by atoms with Gasteiger partial charge in [-0.15, -0.1) is 0 Å². The standard InChI is InChI=1S/C22H23F2NO3S/c1-3-5-19(14-16(4-2)12-13-26)25-29(27,28)20-9-6-17(7-10-20)21-11-8-18(23)15-22(21)24/h3,5-11,14-15,25-26H,1,4,12-13H2,2H3/b16-14+,19-5+. The summed E-state index contributed by atoms with van der Waals surface area (Å²) in [6.45, 7) is 5.47.